The van der Waals surface area contributed by atoms with Gasteiger partial charge in [0.1, 0.15) is 6.10 Å². The first kappa shape index (κ1) is 16.4. The number of para-hydroxylation sites is 1. The molecule has 0 bridgehead atoms. The van der Waals surface area contributed by atoms with E-state index >= 15 is 0 Å². The third-order valence-electron chi connectivity index (χ3n) is 2.76. The summed E-state index contributed by atoms with van der Waals surface area (Å²) in [5, 5.41) is 2.70. The van der Waals surface area contributed by atoms with Crippen LogP contribution in [0.5, 0.6) is 5.75 Å². The smallest absolute Gasteiger partial charge is 0.222 e. The summed E-state index contributed by atoms with van der Waals surface area (Å²) < 4.78 is 23.8. The van der Waals surface area contributed by atoms with Gasteiger partial charge in [-0.15, -0.1) is 0 Å². The third kappa shape index (κ3) is 5.54. The zero-order valence-corrected chi connectivity index (χ0v) is 11.8. The molecule has 0 aliphatic rings. The number of amides is 1. The van der Waals surface area contributed by atoms with E-state index < -0.39 is 5.82 Å². The van der Waals surface area contributed by atoms with Crippen LogP contribution in [0.3, 0.4) is 0 Å². The molecule has 1 aromatic carbocycles. The fourth-order valence-electron chi connectivity index (χ4n) is 1.60. The maximum atomic E-state index is 13.4. The van der Waals surface area contributed by atoms with Gasteiger partial charge < -0.3 is 20.5 Å². The number of methoxy groups -OCH3 is 1. The second-order valence-corrected chi connectivity index (χ2v) is 4.46. The molecular formula is C14H21FN2O3. The fourth-order valence-corrected chi connectivity index (χ4v) is 1.60. The quantitative estimate of drug-likeness (QED) is 0.749. The summed E-state index contributed by atoms with van der Waals surface area (Å²) in [6, 6.07) is 6.15. The van der Waals surface area contributed by atoms with E-state index in [2.05, 4.69) is 5.32 Å². The molecule has 0 aromatic heterocycles. The average molecular weight is 284 g/mol. The first-order chi connectivity index (χ1) is 9.56. The van der Waals surface area contributed by atoms with Gasteiger partial charge in [0.25, 0.3) is 0 Å². The first-order valence-corrected chi connectivity index (χ1v) is 6.47. The summed E-state index contributed by atoms with van der Waals surface area (Å²) in [6.07, 6.45) is -0.438. The van der Waals surface area contributed by atoms with Crippen LogP contribution in [0.25, 0.3) is 0 Å². The highest BCUT2D eigenvalue weighted by molar-refractivity contribution is 5.76. The van der Waals surface area contributed by atoms with Crippen molar-refractivity contribution in [1.29, 1.82) is 0 Å². The van der Waals surface area contributed by atoms with Crippen LogP contribution in [0.1, 0.15) is 13.3 Å². The summed E-state index contributed by atoms with van der Waals surface area (Å²) in [4.78, 5) is 11.6. The molecule has 0 saturated heterocycles. The summed E-state index contributed by atoms with van der Waals surface area (Å²) in [5.74, 6) is -0.425. The zero-order chi connectivity index (χ0) is 15.0. The highest BCUT2D eigenvalue weighted by atomic mass is 19.1. The molecule has 0 radical (unpaired) electrons. The minimum atomic E-state index is -0.423. The molecule has 0 aliphatic carbocycles. The molecule has 1 aromatic rings. The highest BCUT2D eigenvalue weighted by Gasteiger charge is 2.13. The van der Waals surface area contributed by atoms with E-state index in [0.29, 0.717) is 0 Å². The van der Waals surface area contributed by atoms with E-state index in [0.717, 1.165) is 0 Å². The predicted molar refractivity (Wildman–Crippen MR) is 74.0 cm³/mol. The van der Waals surface area contributed by atoms with Gasteiger partial charge in [0.05, 0.1) is 19.1 Å². The molecule has 1 rings (SSSR count). The van der Waals surface area contributed by atoms with Crippen LogP contribution >= 0.6 is 0 Å². The number of ether oxygens (including phenoxy) is 2. The summed E-state index contributed by atoms with van der Waals surface area (Å²) >= 11 is 0. The SMILES string of the molecule is COC(CN)CC(=O)NCC(C)Oc1ccccc1F. The lowest BCUT2D eigenvalue weighted by atomic mass is 10.2. The minimum absolute atomic E-state index is 0.172. The molecule has 2 unspecified atom stereocenters. The molecule has 0 heterocycles. The van der Waals surface area contributed by atoms with E-state index in [1.54, 1.807) is 25.1 Å². The molecule has 5 nitrogen and oxygen atoms in total. The van der Waals surface area contributed by atoms with Crippen LogP contribution in [-0.2, 0) is 9.53 Å². The van der Waals surface area contributed by atoms with Gasteiger partial charge in [-0.3, -0.25) is 4.79 Å². The first-order valence-electron chi connectivity index (χ1n) is 6.47. The van der Waals surface area contributed by atoms with Crippen molar-refractivity contribution in [2.24, 2.45) is 5.73 Å². The lowest BCUT2D eigenvalue weighted by Gasteiger charge is -2.17. The van der Waals surface area contributed by atoms with E-state index in [4.69, 9.17) is 15.2 Å². The fraction of sp³-hybridized carbons (Fsp3) is 0.500. The predicted octanol–water partition coefficient (Wildman–Crippen LogP) is 1.07. The number of halogens is 1. The van der Waals surface area contributed by atoms with Crippen molar-refractivity contribution in [3.8, 4) is 5.75 Å². The Bertz CT molecular complexity index is 425. The van der Waals surface area contributed by atoms with Crippen molar-refractivity contribution in [1.82, 2.24) is 5.32 Å². The Labute approximate surface area is 118 Å². The third-order valence-corrected chi connectivity index (χ3v) is 2.76. The summed E-state index contributed by atoms with van der Waals surface area (Å²) in [7, 11) is 1.51. The van der Waals surface area contributed by atoms with Gasteiger partial charge >= 0.3 is 0 Å². The van der Waals surface area contributed by atoms with Gasteiger partial charge in [0.15, 0.2) is 11.6 Å². The molecule has 112 valence electrons. The molecule has 0 spiro atoms. The minimum Gasteiger partial charge on any atom is -0.486 e. The molecule has 6 heteroatoms. The van der Waals surface area contributed by atoms with Crippen LogP contribution < -0.4 is 15.8 Å². The number of benzene rings is 1. The summed E-state index contributed by atoms with van der Waals surface area (Å²) in [5.41, 5.74) is 5.43. The molecule has 2 atom stereocenters. The lowest BCUT2D eigenvalue weighted by Crippen LogP contribution is -2.37. The van der Waals surface area contributed by atoms with E-state index in [9.17, 15) is 9.18 Å². The number of nitrogens with one attached hydrogen (secondary N) is 1. The van der Waals surface area contributed by atoms with Gasteiger partial charge in [-0.1, -0.05) is 12.1 Å². The maximum Gasteiger partial charge on any atom is 0.222 e. The Morgan fingerprint density at radius 2 is 2.15 bits per heavy atom. The molecule has 1 amide bonds. The van der Waals surface area contributed by atoms with E-state index in [1.807, 2.05) is 0 Å². The number of hydrogen-bond acceptors (Lipinski definition) is 4. The number of carbonyl (C=O) groups excluding carboxylic acids is 1. The van der Waals surface area contributed by atoms with Gasteiger partial charge in [-0.25, -0.2) is 4.39 Å². The number of rotatable bonds is 8. The van der Waals surface area contributed by atoms with Crippen molar-refractivity contribution < 1.29 is 18.7 Å². The van der Waals surface area contributed by atoms with Crippen molar-refractivity contribution in [2.45, 2.75) is 25.6 Å². The number of hydrogen-bond donors (Lipinski definition) is 2. The molecule has 3 N–H and O–H groups in total. The Morgan fingerprint density at radius 1 is 1.45 bits per heavy atom. The van der Waals surface area contributed by atoms with Crippen LogP contribution in [0.4, 0.5) is 4.39 Å². The summed E-state index contributed by atoms with van der Waals surface area (Å²) in [6.45, 7) is 2.32. The van der Waals surface area contributed by atoms with Crippen LogP contribution in [0.2, 0.25) is 0 Å². The van der Waals surface area contributed by atoms with Crippen LogP contribution in [0.15, 0.2) is 24.3 Å². The second kappa shape index (κ2) is 8.50. The van der Waals surface area contributed by atoms with Crippen LogP contribution in [0, 0.1) is 5.82 Å². The van der Waals surface area contributed by atoms with Crippen molar-refractivity contribution in [3.63, 3.8) is 0 Å². The molecule has 0 aliphatic heterocycles. The average Bonchev–Trinajstić information content (AvgIpc) is 2.45. The lowest BCUT2D eigenvalue weighted by molar-refractivity contribution is -0.123. The zero-order valence-electron chi connectivity index (χ0n) is 11.8. The van der Waals surface area contributed by atoms with Crippen molar-refractivity contribution in [2.75, 3.05) is 20.2 Å². The van der Waals surface area contributed by atoms with Gasteiger partial charge in [-0.05, 0) is 19.1 Å². The molecule has 20 heavy (non-hydrogen) atoms. The van der Waals surface area contributed by atoms with Gasteiger partial charge in [0.2, 0.25) is 5.91 Å². The monoisotopic (exact) mass is 284 g/mol. The van der Waals surface area contributed by atoms with Crippen LogP contribution in [-0.4, -0.2) is 38.3 Å². The largest absolute Gasteiger partial charge is 0.486 e. The Kier molecular flexibility index (Phi) is 6.97. The topological polar surface area (TPSA) is 73.6 Å². The normalized spacial score (nSPS) is 13.6. The Morgan fingerprint density at radius 3 is 2.75 bits per heavy atom. The molecule has 0 fully saturated rings. The highest BCUT2D eigenvalue weighted by Crippen LogP contribution is 2.16. The van der Waals surface area contributed by atoms with Crippen molar-refractivity contribution >= 4 is 5.91 Å². The molecule has 0 saturated carbocycles. The van der Waals surface area contributed by atoms with Crippen molar-refractivity contribution in [3.05, 3.63) is 30.1 Å². The Balaban J connectivity index is 2.34. The van der Waals surface area contributed by atoms with Gasteiger partial charge in [0, 0.05) is 13.7 Å². The second-order valence-electron chi connectivity index (χ2n) is 4.46. The van der Waals surface area contributed by atoms with E-state index in [1.165, 1.54) is 13.2 Å². The van der Waals surface area contributed by atoms with E-state index in [-0.39, 0.29) is 43.4 Å². The standard InChI is InChI=1S/C14H21FN2O3/c1-10(20-13-6-4-3-5-12(13)15)9-17-14(18)7-11(8-16)19-2/h3-6,10-11H,7-9,16H2,1-2H3,(H,17,18). The number of carbonyl (C=O) groups is 1. The Hall–Kier alpha value is -1.66. The van der Waals surface area contributed by atoms with Gasteiger partial charge in [-0.2, -0.15) is 0 Å². The maximum absolute atomic E-state index is 13.4. The number of nitrogens with two attached hydrogens (primary N) is 1. The molecular weight excluding hydrogens is 263 g/mol.